The summed E-state index contributed by atoms with van der Waals surface area (Å²) in [7, 11) is 0. The highest BCUT2D eigenvalue weighted by Crippen LogP contribution is 2.29. The van der Waals surface area contributed by atoms with Gasteiger partial charge in [0, 0.05) is 11.6 Å². The number of hydrazone groups is 1. The number of hydrogen-bond donors (Lipinski definition) is 4. The van der Waals surface area contributed by atoms with Gasteiger partial charge in [-0.2, -0.15) is 10.4 Å². The molecule has 0 fully saturated rings. The van der Waals surface area contributed by atoms with Crippen molar-refractivity contribution in [2.45, 2.75) is 11.9 Å². The molecule has 0 aliphatic heterocycles. The number of nitrogens with zero attached hydrogens (tertiary/aromatic N) is 2. The van der Waals surface area contributed by atoms with Crippen LogP contribution in [0.1, 0.15) is 22.8 Å². The van der Waals surface area contributed by atoms with Crippen molar-refractivity contribution in [3.8, 4) is 17.2 Å². The van der Waals surface area contributed by atoms with Crippen molar-refractivity contribution in [3.63, 3.8) is 0 Å². The number of carbonyl (C=O) groups is 1. The van der Waals surface area contributed by atoms with E-state index in [1.807, 2.05) is 0 Å². The first-order valence-corrected chi connectivity index (χ1v) is 8.83. The minimum Gasteiger partial charge on any atom is -0.462 e. The molecule has 0 aliphatic carbocycles. The maximum atomic E-state index is 12.1. The summed E-state index contributed by atoms with van der Waals surface area (Å²) in [6, 6.07) is 9.96. The number of nitrogens with one attached hydrogen (secondary N) is 2. The first-order chi connectivity index (χ1) is 13.0. The van der Waals surface area contributed by atoms with E-state index in [1.165, 1.54) is 6.07 Å². The number of nitriles is 1. The van der Waals surface area contributed by atoms with Gasteiger partial charge in [0.25, 0.3) is 0 Å². The molecule has 1 aromatic heterocycles. The molecule has 0 atom stereocenters. The van der Waals surface area contributed by atoms with Crippen LogP contribution in [0.5, 0.6) is 0 Å². The Hall–Kier alpha value is -3.29. The van der Waals surface area contributed by atoms with Gasteiger partial charge < -0.3 is 21.0 Å². The Kier molecular flexibility index (Phi) is 6.99. The van der Waals surface area contributed by atoms with E-state index in [9.17, 15) is 14.9 Å². The van der Waals surface area contributed by atoms with E-state index in [2.05, 4.69) is 21.6 Å². The van der Waals surface area contributed by atoms with E-state index in [4.69, 9.17) is 16.4 Å². The highest BCUT2D eigenvalue weighted by molar-refractivity contribution is 8.00. The first kappa shape index (κ1) is 20.0. The van der Waals surface area contributed by atoms with Crippen molar-refractivity contribution in [3.05, 3.63) is 51.8 Å². The molecule has 0 saturated carbocycles. The largest absolute Gasteiger partial charge is 0.462 e. The molecule has 27 heavy (non-hydrogen) atoms. The van der Waals surface area contributed by atoms with Crippen molar-refractivity contribution in [2.24, 2.45) is 16.8 Å². The normalized spacial score (nSPS) is 10.9. The Morgan fingerprint density at radius 3 is 2.85 bits per heavy atom. The number of carbonyl (C=O) groups excluding carboxylic acids is 1. The van der Waals surface area contributed by atoms with Crippen molar-refractivity contribution in [2.75, 3.05) is 12.4 Å². The van der Waals surface area contributed by atoms with Crippen LogP contribution in [0.4, 0.5) is 0 Å². The molecule has 6 N–H and O–H groups in total. The average molecular weight is 386 g/mol. The third-order valence-corrected chi connectivity index (χ3v) is 4.49. The fourth-order valence-electron chi connectivity index (χ4n) is 2.27. The molecule has 0 saturated heterocycles. The minimum absolute atomic E-state index is 0.226. The number of benzene rings is 1. The van der Waals surface area contributed by atoms with Crippen LogP contribution in [-0.4, -0.2) is 29.1 Å². The van der Waals surface area contributed by atoms with Crippen LogP contribution in [0.25, 0.3) is 11.1 Å². The van der Waals surface area contributed by atoms with Crippen LogP contribution in [-0.2, 0) is 4.74 Å². The number of thioether (sulfide) groups is 1. The Morgan fingerprint density at radius 2 is 2.22 bits per heavy atom. The lowest BCUT2D eigenvalue weighted by Gasteiger charge is -2.10. The molecule has 0 radical (unpaired) electrons. The number of rotatable bonds is 6. The van der Waals surface area contributed by atoms with Gasteiger partial charge in [-0.1, -0.05) is 23.9 Å². The Balaban J connectivity index is 2.49. The zero-order valence-electron chi connectivity index (χ0n) is 14.5. The van der Waals surface area contributed by atoms with Crippen molar-refractivity contribution in [1.29, 1.82) is 5.26 Å². The van der Waals surface area contributed by atoms with Gasteiger partial charge in [-0.3, -0.25) is 4.79 Å². The van der Waals surface area contributed by atoms with Crippen LogP contribution in [0.2, 0.25) is 0 Å². The van der Waals surface area contributed by atoms with Crippen LogP contribution >= 0.6 is 11.8 Å². The molecular weight excluding hydrogens is 368 g/mol. The first-order valence-electron chi connectivity index (χ1n) is 7.85. The second-order valence-corrected chi connectivity index (χ2v) is 6.16. The number of hydrogen-bond acceptors (Lipinski definition) is 8. The quantitative estimate of drug-likeness (QED) is 0.142. The predicted octanol–water partition coefficient (Wildman–Crippen LogP) is 0.918. The number of esters is 1. The topological polar surface area (TPSA) is 159 Å². The monoisotopic (exact) mass is 386 g/mol. The number of ether oxygens (including phenoxy) is 1. The minimum atomic E-state index is -0.477. The number of aromatic nitrogens is 1. The molecule has 9 nitrogen and oxygen atoms in total. The lowest BCUT2D eigenvalue weighted by atomic mass is 10.0. The SMILES string of the molecule is CCOC(=O)c1cccc(-c2cc(=O)[nH]c(SC/C(=N/N)NN)c2C#N)c1. The van der Waals surface area contributed by atoms with Crippen molar-refractivity contribution >= 4 is 23.6 Å². The zero-order chi connectivity index (χ0) is 19.8. The van der Waals surface area contributed by atoms with Gasteiger partial charge in [-0.05, 0) is 24.6 Å². The molecule has 1 heterocycles. The summed E-state index contributed by atoms with van der Waals surface area (Å²) in [5.74, 6) is 10.5. The van der Waals surface area contributed by atoms with Gasteiger partial charge >= 0.3 is 5.97 Å². The second-order valence-electron chi connectivity index (χ2n) is 5.17. The van der Waals surface area contributed by atoms with Gasteiger partial charge in [0.15, 0.2) is 0 Å². The number of pyridine rings is 1. The van der Waals surface area contributed by atoms with E-state index in [0.29, 0.717) is 27.6 Å². The molecule has 0 bridgehead atoms. The predicted molar refractivity (Wildman–Crippen MR) is 103 cm³/mol. The van der Waals surface area contributed by atoms with Crippen molar-refractivity contribution < 1.29 is 9.53 Å². The number of nitrogens with two attached hydrogens (primary N) is 2. The molecule has 140 valence electrons. The maximum absolute atomic E-state index is 12.1. The Bertz CT molecular complexity index is 964. The summed E-state index contributed by atoms with van der Waals surface area (Å²) in [6.07, 6.45) is 0. The van der Waals surface area contributed by atoms with Crippen LogP contribution < -0.4 is 22.7 Å². The fourth-order valence-corrected chi connectivity index (χ4v) is 3.18. The van der Waals surface area contributed by atoms with Gasteiger partial charge in [0.05, 0.1) is 28.5 Å². The zero-order valence-corrected chi connectivity index (χ0v) is 15.3. The number of aromatic amines is 1. The van der Waals surface area contributed by atoms with E-state index < -0.39 is 5.97 Å². The van der Waals surface area contributed by atoms with Crippen LogP contribution in [0.15, 0.2) is 45.3 Å². The molecule has 2 aromatic rings. The molecule has 10 heteroatoms. The summed E-state index contributed by atoms with van der Waals surface area (Å²) in [5, 5.41) is 13.4. The van der Waals surface area contributed by atoms with Crippen molar-refractivity contribution in [1.82, 2.24) is 10.4 Å². The lowest BCUT2D eigenvalue weighted by molar-refractivity contribution is 0.0526. The maximum Gasteiger partial charge on any atom is 0.338 e. The second kappa shape index (κ2) is 9.42. The molecule has 0 spiro atoms. The van der Waals surface area contributed by atoms with E-state index >= 15 is 0 Å². The lowest BCUT2D eigenvalue weighted by Crippen LogP contribution is -2.33. The molecule has 0 amide bonds. The van der Waals surface area contributed by atoms with E-state index in [1.54, 1.807) is 31.2 Å². The summed E-state index contributed by atoms with van der Waals surface area (Å²) in [4.78, 5) is 26.7. The smallest absolute Gasteiger partial charge is 0.338 e. The highest BCUT2D eigenvalue weighted by Gasteiger charge is 2.15. The van der Waals surface area contributed by atoms with Gasteiger partial charge in [0.1, 0.15) is 11.9 Å². The van der Waals surface area contributed by atoms with Gasteiger partial charge in [0.2, 0.25) is 5.56 Å². The Labute approximate surface area is 159 Å². The summed E-state index contributed by atoms with van der Waals surface area (Å²) < 4.78 is 4.99. The van der Waals surface area contributed by atoms with Gasteiger partial charge in [-0.15, -0.1) is 0 Å². The molecule has 0 aliphatic rings. The summed E-state index contributed by atoms with van der Waals surface area (Å²) in [5.41, 5.74) is 3.49. The highest BCUT2D eigenvalue weighted by atomic mass is 32.2. The van der Waals surface area contributed by atoms with Crippen LogP contribution in [0, 0.1) is 11.3 Å². The molecular formula is C17H18N6O3S. The average Bonchev–Trinajstić information content (AvgIpc) is 2.68. The summed E-state index contributed by atoms with van der Waals surface area (Å²) >= 11 is 1.15. The molecule has 1 aromatic carbocycles. The van der Waals surface area contributed by atoms with E-state index in [-0.39, 0.29) is 23.5 Å². The number of amidine groups is 1. The number of hydrazine groups is 1. The molecule has 2 rings (SSSR count). The standard InChI is InChI=1S/C17H18N6O3S/c1-2-26-17(25)11-5-3-4-10(6-11)12-7-15(24)21-16(13(12)8-18)27-9-14(22-19)23-20/h3-7H,2,9,19-20H2,1H3,(H,21,24)(H,22,23). The van der Waals surface area contributed by atoms with E-state index in [0.717, 1.165) is 11.8 Å². The Morgan fingerprint density at radius 1 is 1.44 bits per heavy atom. The van der Waals surface area contributed by atoms with Crippen LogP contribution in [0.3, 0.4) is 0 Å². The molecule has 0 unspecified atom stereocenters. The third-order valence-electron chi connectivity index (χ3n) is 3.48. The fraction of sp³-hybridized carbons (Fsp3) is 0.176. The number of H-pyrrole nitrogens is 1. The third kappa shape index (κ3) is 4.87. The van der Waals surface area contributed by atoms with Gasteiger partial charge in [-0.25, -0.2) is 10.6 Å². The summed E-state index contributed by atoms with van der Waals surface area (Å²) in [6.45, 7) is 1.96.